The van der Waals surface area contributed by atoms with Crippen LogP contribution in [0.3, 0.4) is 0 Å². The number of hydrogen-bond acceptors (Lipinski definition) is 6. The van der Waals surface area contributed by atoms with E-state index in [9.17, 15) is 4.39 Å². The molecule has 0 spiro atoms. The molecule has 0 saturated heterocycles. The molecule has 1 aromatic carbocycles. The van der Waals surface area contributed by atoms with Gasteiger partial charge in [-0.1, -0.05) is 11.3 Å². The van der Waals surface area contributed by atoms with Gasteiger partial charge < -0.3 is 15.3 Å². The van der Waals surface area contributed by atoms with Crippen molar-refractivity contribution in [1.29, 1.82) is 0 Å². The van der Waals surface area contributed by atoms with Crippen LogP contribution in [0.2, 0.25) is 0 Å². The Kier molecular flexibility index (Phi) is 4.60. The van der Waals surface area contributed by atoms with Crippen molar-refractivity contribution in [1.82, 2.24) is 9.97 Å². The first-order valence-corrected chi connectivity index (χ1v) is 6.03. The Morgan fingerprint density at radius 1 is 1.33 bits per heavy atom. The van der Waals surface area contributed by atoms with Crippen molar-refractivity contribution in [3.05, 3.63) is 41.3 Å². The molecule has 1 heterocycles. The number of rotatable bonds is 5. The van der Waals surface area contributed by atoms with Crippen molar-refractivity contribution in [2.75, 3.05) is 7.11 Å². The molecule has 0 unspecified atom stereocenters. The summed E-state index contributed by atoms with van der Waals surface area (Å²) >= 11 is 0. The topological polar surface area (TPSA) is 95.0 Å². The monoisotopic (exact) mass is 291 g/mol. The van der Waals surface area contributed by atoms with Crippen LogP contribution in [0.4, 0.5) is 10.2 Å². The molecule has 0 aliphatic carbocycles. The summed E-state index contributed by atoms with van der Waals surface area (Å²) in [5.41, 5.74) is 1.91. The molecular formula is C13H14FN5O2. The average molecular weight is 291 g/mol. The van der Waals surface area contributed by atoms with Crippen LogP contribution in [0.5, 0.6) is 11.8 Å². The van der Waals surface area contributed by atoms with E-state index in [0.29, 0.717) is 0 Å². The molecular weight excluding hydrogens is 277 g/mol. The zero-order valence-electron chi connectivity index (χ0n) is 11.6. The van der Waals surface area contributed by atoms with Crippen LogP contribution in [0.15, 0.2) is 34.7 Å². The molecule has 0 fully saturated rings. The number of halogens is 1. The van der Waals surface area contributed by atoms with E-state index in [0.717, 1.165) is 23.1 Å². The fourth-order valence-corrected chi connectivity index (χ4v) is 1.71. The summed E-state index contributed by atoms with van der Waals surface area (Å²) in [6, 6.07) is 5.65. The first kappa shape index (κ1) is 14.6. The molecule has 2 N–H and O–H groups in total. The lowest BCUT2D eigenvalue weighted by Gasteiger charge is -2.08. The van der Waals surface area contributed by atoms with Gasteiger partial charge in [0.2, 0.25) is 5.82 Å². The largest absolute Gasteiger partial charge is 0.497 e. The maximum absolute atomic E-state index is 13.3. The quantitative estimate of drug-likeness (QED) is 0.518. The molecule has 0 atom stereocenters. The molecule has 8 heteroatoms. The highest BCUT2D eigenvalue weighted by Gasteiger charge is 2.08. The minimum atomic E-state index is -0.728. The number of aryl methyl sites for hydroxylation is 1. The van der Waals surface area contributed by atoms with Crippen LogP contribution in [0.1, 0.15) is 11.1 Å². The second-order valence-corrected chi connectivity index (χ2v) is 4.19. The number of hydrogen-bond donors (Lipinski definition) is 1. The summed E-state index contributed by atoms with van der Waals surface area (Å²) in [6.07, 6.45) is 0.948. The molecule has 0 saturated carbocycles. The summed E-state index contributed by atoms with van der Waals surface area (Å²) in [4.78, 5) is 7.48. The minimum Gasteiger partial charge on any atom is -0.497 e. The summed E-state index contributed by atoms with van der Waals surface area (Å²) in [7, 11) is 1.59. The fourth-order valence-electron chi connectivity index (χ4n) is 1.71. The molecule has 0 amide bonds. The van der Waals surface area contributed by atoms with Crippen molar-refractivity contribution in [2.45, 2.75) is 13.5 Å². The van der Waals surface area contributed by atoms with Gasteiger partial charge in [-0.15, -0.1) is 5.11 Å². The van der Waals surface area contributed by atoms with Crippen molar-refractivity contribution < 1.29 is 13.9 Å². The Balaban J connectivity index is 2.13. The molecule has 110 valence electrons. The van der Waals surface area contributed by atoms with Gasteiger partial charge in [0, 0.05) is 0 Å². The van der Waals surface area contributed by atoms with E-state index in [1.807, 2.05) is 25.1 Å². The first-order valence-electron chi connectivity index (χ1n) is 6.03. The maximum atomic E-state index is 13.3. The molecule has 0 bridgehead atoms. The second-order valence-electron chi connectivity index (χ2n) is 4.19. The molecule has 21 heavy (non-hydrogen) atoms. The zero-order valence-corrected chi connectivity index (χ0v) is 11.6. The van der Waals surface area contributed by atoms with Gasteiger partial charge in [-0.3, -0.25) is 0 Å². The molecule has 0 aliphatic heterocycles. The minimum absolute atomic E-state index is 0.0146. The van der Waals surface area contributed by atoms with Gasteiger partial charge in [0.25, 0.3) is 0 Å². The Morgan fingerprint density at radius 3 is 2.86 bits per heavy atom. The van der Waals surface area contributed by atoms with Gasteiger partial charge in [-0.05, 0) is 30.2 Å². The third-order valence-electron chi connectivity index (χ3n) is 2.57. The van der Waals surface area contributed by atoms with Crippen molar-refractivity contribution >= 4 is 5.82 Å². The molecule has 0 radical (unpaired) electrons. The van der Waals surface area contributed by atoms with Gasteiger partial charge in [-0.25, -0.2) is 9.37 Å². The van der Waals surface area contributed by atoms with E-state index in [4.69, 9.17) is 15.3 Å². The van der Waals surface area contributed by atoms with Crippen LogP contribution < -0.4 is 15.3 Å². The van der Waals surface area contributed by atoms with Crippen LogP contribution >= 0.6 is 0 Å². The van der Waals surface area contributed by atoms with E-state index < -0.39 is 5.82 Å². The van der Waals surface area contributed by atoms with Crippen molar-refractivity contribution in [2.24, 2.45) is 16.2 Å². The van der Waals surface area contributed by atoms with Gasteiger partial charge in [-0.2, -0.15) is 4.98 Å². The molecule has 1 aromatic heterocycles. The highest BCUT2D eigenvalue weighted by molar-refractivity contribution is 5.33. The number of ether oxygens (including phenoxy) is 2. The second kappa shape index (κ2) is 6.60. The van der Waals surface area contributed by atoms with Crippen molar-refractivity contribution in [3.8, 4) is 11.8 Å². The predicted molar refractivity (Wildman–Crippen MR) is 72.8 cm³/mol. The Labute approximate surface area is 120 Å². The third kappa shape index (κ3) is 3.85. The number of benzene rings is 1. The SMILES string of the molecule is COc1cc(C)cc(COc2ncc(F)c(N=NN)n2)c1. The van der Waals surface area contributed by atoms with Crippen LogP contribution in [-0.2, 0) is 6.61 Å². The van der Waals surface area contributed by atoms with Crippen LogP contribution in [0.25, 0.3) is 0 Å². The lowest BCUT2D eigenvalue weighted by molar-refractivity contribution is 0.279. The number of methoxy groups -OCH3 is 1. The van der Waals surface area contributed by atoms with E-state index in [1.165, 1.54) is 0 Å². The smallest absolute Gasteiger partial charge is 0.318 e. The summed E-state index contributed by atoms with van der Waals surface area (Å²) < 4.78 is 23.8. The standard InChI is InChI=1S/C13H14FN5O2/c1-8-3-9(5-10(4-8)20-2)7-21-13-16-6-11(14)12(17-13)18-19-15/h3-6H,7H2,1-2H3,(H2,15,16,17,18). The molecule has 2 aromatic rings. The normalized spacial score (nSPS) is 10.8. The van der Waals surface area contributed by atoms with Gasteiger partial charge in [0.15, 0.2) is 5.82 Å². The van der Waals surface area contributed by atoms with Gasteiger partial charge >= 0.3 is 6.01 Å². The number of nitrogens with two attached hydrogens (primary N) is 1. The lowest BCUT2D eigenvalue weighted by atomic mass is 10.1. The fraction of sp³-hybridized carbons (Fsp3) is 0.231. The van der Waals surface area contributed by atoms with Crippen molar-refractivity contribution in [3.63, 3.8) is 0 Å². The first-order chi connectivity index (χ1) is 10.1. The number of aromatic nitrogens is 2. The molecule has 2 rings (SSSR count). The Bertz CT molecular complexity index is 663. The van der Waals surface area contributed by atoms with E-state index >= 15 is 0 Å². The predicted octanol–water partition coefficient (Wildman–Crippen LogP) is 2.47. The van der Waals surface area contributed by atoms with Crippen LogP contribution in [0, 0.1) is 12.7 Å². The van der Waals surface area contributed by atoms with E-state index in [2.05, 4.69) is 20.3 Å². The third-order valence-corrected chi connectivity index (χ3v) is 2.57. The summed E-state index contributed by atoms with van der Waals surface area (Å²) in [6.45, 7) is 2.16. The number of nitrogens with zero attached hydrogens (tertiary/aromatic N) is 4. The summed E-state index contributed by atoms with van der Waals surface area (Å²) in [5.74, 6) is 4.60. The highest BCUT2D eigenvalue weighted by Crippen LogP contribution is 2.19. The van der Waals surface area contributed by atoms with Gasteiger partial charge in [0.05, 0.1) is 13.3 Å². The average Bonchev–Trinajstić information content (AvgIpc) is 2.47. The summed E-state index contributed by atoms with van der Waals surface area (Å²) in [5, 5.41) is 6.32. The highest BCUT2D eigenvalue weighted by atomic mass is 19.1. The Morgan fingerprint density at radius 2 is 2.14 bits per heavy atom. The van der Waals surface area contributed by atoms with E-state index in [-0.39, 0.29) is 18.4 Å². The lowest BCUT2D eigenvalue weighted by Crippen LogP contribution is -2.01. The molecule has 0 aliphatic rings. The van der Waals surface area contributed by atoms with Gasteiger partial charge in [0.1, 0.15) is 12.4 Å². The Hall–Kier alpha value is -2.77. The zero-order chi connectivity index (χ0) is 15.2. The molecule has 7 nitrogen and oxygen atoms in total. The maximum Gasteiger partial charge on any atom is 0.318 e. The van der Waals surface area contributed by atoms with Crippen LogP contribution in [-0.4, -0.2) is 17.1 Å². The van der Waals surface area contributed by atoms with E-state index in [1.54, 1.807) is 7.11 Å².